The molecule has 1 fully saturated rings. The second kappa shape index (κ2) is 6.71. The molecule has 1 aliphatic carbocycles. The Balaban J connectivity index is 1.91. The SMILES string of the molecule is CCOC(c1nc2c(c(=O)[nH]1)CCNC2)C1CCCCC1. The number of hydrogen-bond donors (Lipinski definition) is 2. The number of rotatable bonds is 4. The lowest BCUT2D eigenvalue weighted by atomic mass is 9.84. The topological polar surface area (TPSA) is 67.0 Å². The molecule has 2 heterocycles. The molecule has 0 aromatic carbocycles. The third kappa shape index (κ3) is 3.19. The Kier molecular flexibility index (Phi) is 4.70. The molecule has 116 valence electrons. The van der Waals surface area contributed by atoms with Gasteiger partial charge in [-0.25, -0.2) is 4.98 Å². The smallest absolute Gasteiger partial charge is 0.254 e. The van der Waals surface area contributed by atoms with Crippen molar-refractivity contribution in [3.63, 3.8) is 0 Å². The number of nitrogens with zero attached hydrogens (tertiary/aromatic N) is 1. The van der Waals surface area contributed by atoms with E-state index in [0.717, 1.165) is 30.0 Å². The van der Waals surface area contributed by atoms with Crippen molar-refractivity contribution < 1.29 is 4.74 Å². The quantitative estimate of drug-likeness (QED) is 0.891. The summed E-state index contributed by atoms with van der Waals surface area (Å²) in [5, 5.41) is 3.29. The van der Waals surface area contributed by atoms with Crippen molar-refractivity contribution in [3.8, 4) is 0 Å². The molecule has 21 heavy (non-hydrogen) atoms. The second-order valence-electron chi connectivity index (χ2n) is 6.08. The molecule has 1 atom stereocenters. The minimum absolute atomic E-state index is 0.0250. The summed E-state index contributed by atoms with van der Waals surface area (Å²) in [7, 11) is 0. The predicted molar refractivity (Wildman–Crippen MR) is 81.2 cm³/mol. The van der Waals surface area contributed by atoms with Gasteiger partial charge in [-0.1, -0.05) is 19.3 Å². The zero-order valence-electron chi connectivity index (χ0n) is 12.8. The van der Waals surface area contributed by atoms with Gasteiger partial charge in [-0.15, -0.1) is 0 Å². The maximum absolute atomic E-state index is 12.3. The summed E-state index contributed by atoms with van der Waals surface area (Å²) in [6.07, 6.45) is 6.87. The molecular formula is C16H25N3O2. The van der Waals surface area contributed by atoms with Crippen LogP contribution in [0.1, 0.15) is 62.2 Å². The highest BCUT2D eigenvalue weighted by molar-refractivity contribution is 5.21. The summed E-state index contributed by atoms with van der Waals surface area (Å²) in [6.45, 7) is 4.21. The molecule has 0 radical (unpaired) electrons. The fourth-order valence-electron chi connectivity index (χ4n) is 3.58. The van der Waals surface area contributed by atoms with Crippen molar-refractivity contribution >= 4 is 0 Å². The summed E-state index contributed by atoms with van der Waals surface area (Å²) < 4.78 is 5.96. The molecule has 3 rings (SSSR count). The predicted octanol–water partition coefficient (Wildman–Crippen LogP) is 2.07. The highest BCUT2D eigenvalue weighted by atomic mass is 16.5. The van der Waals surface area contributed by atoms with Crippen molar-refractivity contribution in [2.45, 2.75) is 58.1 Å². The molecule has 1 aliphatic heterocycles. The molecule has 0 bridgehead atoms. The number of aromatic amines is 1. The minimum Gasteiger partial charge on any atom is -0.370 e. The van der Waals surface area contributed by atoms with Crippen molar-refractivity contribution in [1.29, 1.82) is 0 Å². The van der Waals surface area contributed by atoms with Crippen LogP contribution in [0.25, 0.3) is 0 Å². The molecule has 5 nitrogen and oxygen atoms in total. The lowest BCUT2D eigenvalue weighted by Gasteiger charge is -2.30. The van der Waals surface area contributed by atoms with Crippen molar-refractivity contribution in [1.82, 2.24) is 15.3 Å². The van der Waals surface area contributed by atoms with E-state index in [1.54, 1.807) is 0 Å². The van der Waals surface area contributed by atoms with Crippen LogP contribution < -0.4 is 10.9 Å². The Morgan fingerprint density at radius 3 is 2.90 bits per heavy atom. The summed E-state index contributed by atoms with van der Waals surface area (Å²) in [6, 6.07) is 0. The number of nitrogens with one attached hydrogen (secondary N) is 2. The van der Waals surface area contributed by atoms with Crippen LogP contribution >= 0.6 is 0 Å². The normalized spacial score (nSPS) is 21.0. The molecule has 5 heteroatoms. The van der Waals surface area contributed by atoms with Crippen LogP contribution in [0.2, 0.25) is 0 Å². The lowest BCUT2D eigenvalue weighted by molar-refractivity contribution is -0.000552. The summed E-state index contributed by atoms with van der Waals surface area (Å²) >= 11 is 0. The molecule has 2 N–H and O–H groups in total. The first-order valence-corrected chi connectivity index (χ1v) is 8.24. The first-order valence-electron chi connectivity index (χ1n) is 8.24. The molecule has 1 saturated carbocycles. The second-order valence-corrected chi connectivity index (χ2v) is 6.08. The van der Waals surface area contributed by atoms with E-state index in [1.807, 2.05) is 6.92 Å². The van der Waals surface area contributed by atoms with Gasteiger partial charge < -0.3 is 15.0 Å². The van der Waals surface area contributed by atoms with Gasteiger partial charge in [0.2, 0.25) is 0 Å². The van der Waals surface area contributed by atoms with Gasteiger partial charge in [0.15, 0.2) is 0 Å². The number of H-pyrrole nitrogens is 1. The van der Waals surface area contributed by atoms with Crippen LogP contribution in [0.3, 0.4) is 0 Å². The maximum atomic E-state index is 12.3. The number of ether oxygens (including phenoxy) is 1. The molecule has 2 aliphatic rings. The van der Waals surface area contributed by atoms with Crippen LogP contribution in [0.4, 0.5) is 0 Å². The molecule has 0 saturated heterocycles. The van der Waals surface area contributed by atoms with Crippen molar-refractivity contribution in [2.75, 3.05) is 13.2 Å². The molecule has 1 unspecified atom stereocenters. The Labute approximate surface area is 125 Å². The fraction of sp³-hybridized carbons (Fsp3) is 0.750. The molecule has 1 aromatic rings. The Morgan fingerprint density at radius 2 is 2.14 bits per heavy atom. The number of hydrogen-bond acceptors (Lipinski definition) is 4. The molecule has 0 amide bonds. The van der Waals surface area contributed by atoms with Gasteiger partial charge in [-0.05, 0) is 38.6 Å². The van der Waals surface area contributed by atoms with Crippen LogP contribution in [-0.4, -0.2) is 23.1 Å². The molecular weight excluding hydrogens is 266 g/mol. The van der Waals surface area contributed by atoms with Crippen LogP contribution in [0.5, 0.6) is 0 Å². The maximum Gasteiger partial charge on any atom is 0.254 e. The number of aromatic nitrogens is 2. The summed E-state index contributed by atoms with van der Waals surface area (Å²) in [5.74, 6) is 1.22. The average molecular weight is 291 g/mol. The van der Waals surface area contributed by atoms with Crippen LogP contribution in [0.15, 0.2) is 4.79 Å². The zero-order chi connectivity index (χ0) is 14.7. The van der Waals surface area contributed by atoms with E-state index >= 15 is 0 Å². The zero-order valence-corrected chi connectivity index (χ0v) is 12.8. The van der Waals surface area contributed by atoms with Gasteiger partial charge in [-0.3, -0.25) is 4.79 Å². The van der Waals surface area contributed by atoms with Gasteiger partial charge in [-0.2, -0.15) is 0 Å². The van der Waals surface area contributed by atoms with Crippen LogP contribution in [-0.2, 0) is 17.7 Å². The standard InChI is InChI=1S/C16H25N3O2/c1-2-21-14(11-6-4-3-5-7-11)15-18-13-10-17-9-8-12(13)16(20)19-15/h11,14,17H,2-10H2,1H3,(H,18,19,20). The van der Waals surface area contributed by atoms with Crippen LogP contribution in [0, 0.1) is 5.92 Å². The van der Waals surface area contributed by atoms with E-state index < -0.39 is 0 Å². The Bertz CT molecular complexity index is 535. The fourth-order valence-corrected chi connectivity index (χ4v) is 3.58. The highest BCUT2D eigenvalue weighted by Gasteiger charge is 2.28. The first-order chi connectivity index (χ1) is 10.3. The van der Waals surface area contributed by atoms with E-state index in [-0.39, 0.29) is 11.7 Å². The monoisotopic (exact) mass is 291 g/mol. The van der Waals surface area contributed by atoms with E-state index in [9.17, 15) is 4.79 Å². The van der Waals surface area contributed by atoms with E-state index in [2.05, 4.69) is 10.3 Å². The minimum atomic E-state index is -0.0600. The lowest BCUT2D eigenvalue weighted by Crippen LogP contribution is -2.33. The first kappa shape index (κ1) is 14.7. The Morgan fingerprint density at radius 1 is 1.33 bits per heavy atom. The van der Waals surface area contributed by atoms with E-state index in [4.69, 9.17) is 9.72 Å². The average Bonchev–Trinajstić information content (AvgIpc) is 2.53. The number of fused-ring (bicyclic) bond motifs is 1. The highest BCUT2D eigenvalue weighted by Crippen LogP contribution is 2.35. The largest absolute Gasteiger partial charge is 0.370 e. The third-order valence-corrected chi connectivity index (χ3v) is 4.66. The van der Waals surface area contributed by atoms with E-state index in [1.165, 1.54) is 32.1 Å². The van der Waals surface area contributed by atoms with Gasteiger partial charge in [0.1, 0.15) is 11.9 Å². The van der Waals surface area contributed by atoms with Gasteiger partial charge in [0.25, 0.3) is 5.56 Å². The van der Waals surface area contributed by atoms with E-state index in [0.29, 0.717) is 19.1 Å². The molecule has 1 aromatic heterocycles. The van der Waals surface area contributed by atoms with Crippen molar-refractivity contribution in [3.05, 3.63) is 27.4 Å². The Hall–Kier alpha value is -1.20. The van der Waals surface area contributed by atoms with Gasteiger partial charge >= 0.3 is 0 Å². The van der Waals surface area contributed by atoms with Gasteiger partial charge in [0.05, 0.1) is 5.69 Å². The summed E-state index contributed by atoms with van der Waals surface area (Å²) in [4.78, 5) is 20.0. The van der Waals surface area contributed by atoms with Crippen molar-refractivity contribution in [2.24, 2.45) is 5.92 Å². The summed E-state index contributed by atoms with van der Waals surface area (Å²) in [5.41, 5.74) is 1.77. The third-order valence-electron chi connectivity index (χ3n) is 4.66. The molecule has 0 spiro atoms. The van der Waals surface area contributed by atoms with Gasteiger partial charge in [0, 0.05) is 18.7 Å².